The van der Waals surface area contributed by atoms with Crippen LogP contribution < -0.4 is 5.32 Å². The van der Waals surface area contributed by atoms with E-state index in [0.717, 1.165) is 19.4 Å². The van der Waals surface area contributed by atoms with Gasteiger partial charge in [-0.2, -0.15) is 0 Å². The number of amides is 1. The van der Waals surface area contributed by atoms with Crippen molar-refractivity contribution in [1.82, 2.24) is 10.2 Å². The smallest absolute Gasteiger partial charge is 0.222 e. The molecule has 0 aromatic carbocycles. The van der Waals surface area contributed by atoms with E-state index >= 15 is 0 Å². The summed E-state index contributed by atoms with van der Waals surface area (Å²) in [5.41, 5.74) is 0. The van der Waals surface area contributed by atoms with Gasteiger partial charge in [0.2, 0.25) is 5.91 Å². The van der Waals surface area contributed by atoms with Crippen molar-refractivity contribution >= 4 is 5.91 Å². The van der Waals surface area contributed by atoms with Crippen molar-refractivity contribution < 1.29 is 4.79 Å². The number of hydrogen-bond acceptors (Lipinski definition) is 2. The van der Waals surface area contributed by atoms with Gasteiger partial charge in [-0.1, -0.05) is 13.8 Å². The minimum atomic E-state index is 0.282. The second-order valence-electron chi connectivity index (χ2n) is 4.82. The number of rotatable bonds is 5. The molecule has 16 heavy (non-hydrogen) atoms. The second-order valence-corrected chi connectivity index (χ2v) is 4.82. The third kappa shape index (κ3) is 3.78. The Labute approximate surface area is 99.6 Å². The van der Waals surface area contributed by atoms with Gasteiger partial charge in [-0.3, -0.25) is 4.79 Å². The van der Waals surface area contributed by atoms with Gasteiger partial charge in [-0.05, 0) is 38.6 Å². The topological polar surface area (TPSA) is 32.3 Å². The van der Waals surface area contributed by atoms with E-state index in [2.05, 4.69) is 12.2 Å². The number of nitrogens with one attached hydrogen (secondary N) is 1. The molecule has 0 bridgehead atoms. The Hall–Kier alpha value is -0.570. The van der Waals surface area contributed by atoms with Crippen molar-refractivity contribution in [1.29, 1.82) is 0 Å². The first kappa shape index (κ1) is 13.5. The SMILES string of the molecule is CCCNC1CCC(N(C)C(=O)CC)CC1. The Morgan fingerprint density at radius 2 is 1.88 bits per heavy atom. The predicted molar refractivity (Wildman–Crippen MR) is 67.4 cm³/mol. The lowest BCUT2D eigenvalue weighted by Crippen LogP contribution is -2.43. The van der Waals surface area contributed by atoms with Crippen LogP contribution in [0.5, 0.6) is 0 Å². The number of nitrogens with zero attached hydrogens (tertiary/aromatic N) is 1. The molecular weight excluding hydrogens is 200 g/mol. The highest BCUT2D eigenvalue weighted by molar-refractivity contribution is 5.75. The third-order valence-corrected chi connectivity index (χ3v) is 3.62. The van der Waals surface area contributed by atoms with E-state index in [1.54, 1.807) is 0 Å². The van der Waals surface area contributed by atoms with Gasteiger partial charge in [0, 0.05) is 25.6 Å². The molecule has 1 amide bonds. The van der Waals surface area contributed by atoms with E-state index in [1.807, 2.05) is 18.9 Å². The zero-order chi connectivity index (χ0) is 12.0. The summed E-state index contributed by atoms with van der Waals surface area (Å²) < 4.78 is 0. The zero-order valence-electron chi connectivity index (χ0n) is 11.0. The number of carbonyl (C=O) groups is 1. The molecule has 0 aliphatic heterocycles. The summed E-state index contributed by atoms with van der Waals surface area (Å²) in [6.45, 7) is 5.26. The molecule has 0 unspecified atom stereocenters. The molecule has 1 fully saturated rings. The maximum atomic E-state index is 11.6. The fraction of sp³-hybridized carbons (Fsp3) is 0.923. The van der Waals surface area contributed by atoms with E-state index in [1.165, 1.54) is 19.3 Å². The van der Waals surface area contributed by atoms with Gasteiger partial charge in [0.1, 0.15) is 0 Å². The Kier molecular flexibility index (Phi) is 5.81. The second kappa shape index (κ2) is 6.89. The van der Waals surface area contributed by atoms with Gasteiger partial charge >= 0.3 is 0 Å². The first-order valence-electron chi connectivity index (χ1n) is 6.68. The summed E-state index contributed by atoms with van der Waals surface area (Å²) in [6, 6.07) is 1.16. The van der Waals surface area contributed by atoms with Crippen molar-refractivity contribution in [2.45, 2.75) is 64.5 Å². The van der Waals surface area contributed by atoms with Crippen LogP contribution in [0.2, 0.25) is 0 Å². The Balaban J connectivity index is 2.28. The van der Waals surface area contributed by atoms with Crippen LogP contribution in [0, 0.1) is 0 Å². The molecule has 94 valence electrons. The van der Waals surface area contributed by atoms with Gasteiger partial charge in [0.25, 0.3) is 0 Å². The number of carbonyl (C=O) groups excluding carboxylic acids is 1. The van der Waals surface area contributed by atoms with Crippen LogP contribution in [0.15, 0.2) is 0 Å². The third-order valence-electron chi connectivity index (χ3n) is 3.62. The summed E-state index contributed by atoms with van der Waals surface area (Å²) in [6.07, 6.45) is 6.57. The molecule has 0 atom stereocenters. The van der Waals surface area contributed by atoms with Crippen LogP contribution in [-0.2, 0) is 4.79 Å². The van der Waals surface area contributed by atoms with E-state index < -0.39 is 0 Å². The molecule has 1 saturated carbocycles. The minimum absolute atomic E-state index is 0.282. The van der Waals surface area contributed by atoms with E-state index in [-0.39, 0.29) is 5.91 Å². The summed E-state index contributed by atoms with van der Waals surface area (Å²) in [5, 5.41) is 3.57. The van der Waals surface area contributed by atoms with Crippen LogP contribution in [0.3, 0.4) is 0 Å². The molecule has 0 aromatic heterocycles. The van der Waals surface area contributed by atoms with Gasteiger partial charge in [0.05, 0.1) is 0 Å². The molecule has 1 aliphatic carbocycles. The molecular formula is C13H26N2O. The molecule has 0 heterocycles. The van der Waals surface area contributed by atoms with Crippen molar-refractivity contribution in [2.75, 3.05) is 13.6 Å². The summed E-state index contributed by atoms with van der Waals surface area (Å²) >= 11 is 0. The highest BCUT2D eigenvalue weighted by atomic mass is 16.2. The van der Waals surface area contributed by atoms with Crippen LogP contribution >= 0.6 is 0 Å². The summed E-state index contributed by atoms with van der Waals surface area (Å²) in [5.74, 6) is 0.282. The van der Waals surface area contributed by atoms with Gasteiger partial charge < -0.3 is 10.2 Å². The quantitative estimate of drug-likeness (QED) is 0.779. The van der Waals surface area contributed by atoms with Crippen LogP contribution in [0.1, 0.15) is 52.4 Å². The highest BCUT2D eigenvalue weighted by Crippen LogP contribution is 2.22. The van der Waals surface area contributed by atoms with Gasteiger partial charge in [0.15, 0.2) is 0 Å². The first-order chi connectivity index (χ1) is 7.69. The van der Waals surface area contributed by atoms with Crippen molar-refractivity contribution in [3.8, 4) is 0 Å². The average Bonchev–Trinajstić information content (AvgIpc) is 2.35. The highest BCUT2D eigenvalue weighted by Gasteiger charge is 2.25. The minimum Gasteiger partial charge on any atom is -0.343 e. The normalized spacial score (nSPS) is 25.4. The van der Waals surface area contributed by atoms with Crippen LogP contribution in [0.25, 0.3) is 0 Å². The fourth-order valence-corrected chi connectivity index (χ4v) is 2.47. The van der Waals surface area contributed by atoms with E-state index in [0.29, 0.717) is 18.5 Å². The zero-order valence-corrected chi connectivity index (χ0v) is 11.0. The molecule has 3 nitrogen and oxygen atoms in total. The molecule has 3 heteroatoms. The lowest BCUT2D eigenvalue weighted by atomic mass is 9.90. The van der Waals surface area contributed by atoms with Crippen LogP contribution in [-0.4, -0.2) is 36.5 Å². The van der Waals surface area contributed by atoms with Gasteiger partial charge in [-0.15, -0.1) is 0 Å². The molecule has 1 aliphatic rings. The molecule has 1 N–H and O–H groups in total. The molecule has 0 aromatic rings. The molecule has 1 rings (SSSR count). The fourth-order valence-electron chi connectivity index (χ4n) is 2.47. The monoisotopic (exact) mass is 226 g/mol. The van der Waals surface area contributed by atoms with E-state index in [4.69, 9.17) is 0 Å². The Morgan fingerprint density at radius 1 is 1.25 bits per heavy atom. The maximum Gasteiger partial charge on any atom is 0.222 e. The molecule has 0 radical (unpaired) electrons. The maximum absolute atomic E-state index is 11.6. The molecule has 0 saturated heterocycles. The predicted octanol–water partition coefficient (Wildman–Crippen LogP) is 2.17. The lowest BCUT2D eigenvalue weighted by Gasteiger charge is -2.35. The van der Waals surface area contributed by atoms with Gasteiger partial charge in [-0.25, -0.2) is 0 Å². The summed E-state index contributed by atoms with van der Waals surface area (Å²) in [4.78, 5) is 13.5. The average molecular weight is 226 g/mol. The van der Waals surface area contributed by atoms with Crippen molar-refractivity contribution in [3.05, 3.63) is 0 Å². The Bertz CT molecular complexity index is 210. The van der Waals surface area contributed by atoms with Crippen LogP contribution in [0.4, 0.5) is 0 Å². The van der Waals surface area contributed by atoms with Crippen molar-refractivity contribution in [3.63, 3.8) is 0 Å². The molecule has 0 spiro atoms. The number of hydrogen-bond donors (Lipinski definition) is 1. The Morgan fingerprint density at radius 3 is 2.38 bits per heavy atom. The lowest BCUT2D eigenvalue weighted by molar-refractivity contribution is -0.132. The standard InChI is InChI=1S/C13H26N2O/c1-4-10-14-11-6-8-12(9-7-11)15(3)13(16)5-2/h11-12,14H,4-10H2,1-3H3. The first-order valence-corrected chi connectivity index (χ1v) is 6.68. The van der Waals surface area contributed by atoms with E-state index in [9.17, 15) is 4.79 Å². The van der Waals surface area contributed by atoms with Crippen molar-refractivity contribution in [2.24, 2.45) is 0 Å². The summed E-state index contributed by atoms with van der Waals surface area (Å²) in [7, 11) is 1.95. The largest absolute Gasteiger partial charge is 0.343 e.